The molecule has 0 saturated heterocycles. The Morgan fingerprint density at radius 2 is 1.95 bits per heavy atom. The molecular weight excluding hydrogens is 383 g/mol. The van der Waals surface area contributed by atoms with E-state index in [-0.39, 0.29) is 10.8 Å². The first kappa shape index (κ1) is 15.3. The van der Waals surface area contributed by atoms with Gasteiger partial charge >= 0.3 is 6.18 Å². The van der Waals surface area contributed by atoms with E-state index in [2.05, 4.69) is 26.0 Å². The third-order valence-corrected chi connectivity index (χ3v) is 3.89. The predicted molar refractivity (Wildman–Crippen MR) is 80.9 cm³/mol. The lowest BCUT2D eigenvalue weighted by molar-refractivity contribution is -0.141. The van der Waals surface area contributed by atoms with E-state index in [9.17, 15) is 13.2 Å². The number of hydrogen-bond donors (Lipinski definition) is 0. The van der Waals surface area contributed by atoms with Crippen LogP contribution in [0.5, 0.6) is 0 Å². The minimum absolute atomic E-state index is 0.0791. The number of halogens is 5. The summed E-state index contributed by atoms with van der Waals surface area (Å²) in [7, 11) is 0. The van der Waals surface area contributed by atoms with Crippen molar-refractivity contribution >= 4 is 33.2 Å². The molecular formula is C14H8BrClF3N3. The van der Waals surface area contributed by atoms with Crippen LogP contribution in [0.25, 0.3) is 16.8 Å². The quantitative estimate of drug-likeness (QED) is 0.539. The van der Waals surface area contributed by atoms with Crippen molar-refractivity contribution in [3.8, 4) is 11.1 Å². The first-order valence-electron chi connectivity index (χ1n) is 6.16. The highest BCUT2D eigenvalue weighted by Crippen LogP contribution is 2.34. The molecule has 8 heteroatoms. The van der Waals surface area contributed by atoms with Crippen LogP contribution in [0.3, 0.4) is 0 Å². The number of alkyl halides is 3. The number of nitrogens with zero attached hydrogens (tertiary/aromatic N) is 3. The van der Waals surface area contributed by atoms with E-state index in [4.69, 9.17) is 11.6 Å². The maximum Gasteiger partial charge on any atom is 0.433 e. The van der Waals surface area contributed by atoms with Gasteiger partial charge in [-0.1, -0.05) is 39.7 Å². The Balaban J connectivity index is 2.35. The van der Waals surface area contributed by atoms with Crippen molar-refractivity contribution in [3.05, 3.63) is 51.3 Å². The standard InChI is InChI=1S/C14H8BrClF3N3/c1-7-12(8-3-2-4-9(15)5-8)13-20-10(14(17,18)19)6-11(16)22(13)21-7/h2-6H,1H3. The zero-order valence-corrected chi connectivity index (χ0v) is 13.5. The number of aryl methyl sites for hydroxylation is 1. The normalized spacial score (nSPS) is 12.1. The summed E-state index contributed by atoms with van der Waals surface area (Å²) in [6.45, 7) is 1.70. The van der Waals surface area contributed by atoms with Crippen LogP contribution in [0.15, 0.2) is 34.8 Å². The van der Waals surface area contributed by atoms with Crippen molar-refractivity contribution in [2.75, 3.05) is 0 Å². The summed E-state index contributed by atoms with van der Waals surface area (Å²) in [5.74, 6) is 0. The monoisotopic (exact) mass is 389 g/mol. The van der Waals surface area contributed by atoms with E-state index in [1.807, 2.05) is 6.07 Å². The molecule has 1 aromatic carbocycles. The van der Waals surface area contributed by atoms with E-state index in [1.54, 1.807) is 25.1 Å². The minimum Gasteiger partial charge on any atom is -0.223 e. The van der Waals surface area contributed by atoms with Gasteiger partial charge in [0.2, 0.25) is 0 Å². The van der Waals surface area contributed by atoms with Gasteiger partial charge in [0.25, 0.3) is 0 Å². The van der Waals surface area contributed by atoms with E-state index in [1.165, 1.54) is 4.52 Å². The average Bonchev–Trinajstić information content (AvgIpc) is 2.74. The first-order valence-corrected chi connectivity index (χ1v) is 7.33. The second-order valence-corrected chi connectivity index (χ2v) is 5.97. The summed E-state index contributed by atoms with van der Waals surface area (Å²) >= 11 is 9.27. The number of benzene rings is 1. The lowest BCUT2D eigenvalue weighted by Gasteiger charge is -2.08. The van der Waals surface area contributed by atoms with Crippen molar-refractivity contribution < 1.29 is 13.2 Å². The van der Waals surface area contributed by atoms with Gasteiger partial charge < -0.3 is 0 Å². The van der Waals surface area contributed by atoms with Crippen LogP contribution >= 0.6 is 27.5 Å². The molecule has 0 bridgehead atoms. The van der Waals surface area contributed by atoms with Crippen molar-refractivity contribution in [2.45, 2.75) is 13.1 Å². The molecule has 0 spiro atoms. The van der Waals surface area contributed by atoms with Gasteiger partial charge in [-0.15, -0.1) is 0 Å². The van der Waals surface area contributed by atoms with Crippen LogP contribution < -0.4 is 0 Å². The van der Waals surface area contributed by atoms with E-state index in [0.29, 0.717) is 16.8 Å². The molecule has 0 unspecified atom stereocenters. The van der Waals surface area contributed by atoms with Crippen molar-refractivity contribution in [2.24, 2.45) is 0 Å². The highest BCUT2D eigenvalue weighted by molar-refractivity contribution is 9.10. The summed E-state index contributed by atoms with van der Waals surface area (Å²) in [4.78, 5) is 3.71. The van der Waals surface area contributed by atoms with Gasteiger partial charge in [-0.3, -0.25) is 0 Å². The fourth-order valence-corrected chi connectivity index (χ4v) is 2.84. The molecule has 0 atom stereocenters. The summed E-state index contributed by atoms with van der Waals surface area (Å²) in [6, 6.07) is 7.96. The molecule has 3 aromatic rings. The zero-order valence-electron chi connectivity index (χ0n) is 11.1. The fourth-order valence-electron chi connectivity index (χ4n) is 2.21. The molecule has 0 amide bonds. The first-order chi connectivity index (χ1) is 10.3. The molecule has 0 aliphatic rings. The largest absolute Gasteiger partial charge is 0.433 e. The SMILES string of the molecule is Cc1nn2c(Cl)cc(C(F)(F)F)nc2c1-c1cccc(Br)c1. The van der Waals surface area contributed by atoms with Gasteiger partial charge in [-0.2, -0.15) is 18.3 Å². The molecule has 114 valence electrons. The summed E-state index contributed by atoms with van der Waals surface area (Å²) in [5, 5.41) is 4.04. The summed E-state index contributed by atoms with van der Waals surface area (Å²) in [6.07, 6.45) is -4.57. The third-order valence-electron chi connectivity index (χ3n) is 3.12. The topological polar surface area (TPSA) is 30.2 Å². The van der Waals surface area contributed by atoms with Gasteiger partial charge in [0.15, 0.2) is 5.65 Å². The molecule has 0 aliphatic carbocycles. The van der Waals surface area contributed by atoms with Crippen molar-refractivity contribution in [1.29, 1.82) is 0 Å². The van der Waals surface area contributed by atoms with Crippen LogP contribution in [0.1, 0.15) is 11.4 Å². The van der Waals surface area contributed by atoms with E-state index in [0.717, 1.165) is 10.5 Å². The second-order valence-electron chi connectivity index (χ2n) is 4.67. The van der Waals surface area contributed by atoms with Crippen LogP contribution in [0, 0.1) is 6.92 Å². The minimum atomic E-state index is -4.57. The molecule has 0 aliphatic heterocycles. The van der Waals surface area contributed by atoms with Gasteiger partial charge in [0, 0.05) is 16.1 Å². The second kappa shape index (κ2) is 5.24. The molecule has 0 saturated carbocycles. The van der Waals surface area contributed by atoms with Crippen LogP contribution in [0.2, 0.25) is 5.15 Å². The van der Waals surface area contributed by atoms with E-state index < -0.39 is 11.9 Å². The number of hydrogen-bond acceptors (Lipinski definition) is 2. The molecule has 3 rings (SSSR count). The smallest absolute Gasteiger partial charge is 0.223 e. The highest BCUT2D eigenvalue weighted by atomic mass is 79.9. The lowest BCUT2D eigenvalue weighted by atomic mass is 10.1. The van der Waals surface area contributed by atoms with Gasteiger partial charge in [-0.05, 0) is 24.6 Å². The molecule has 0 radical (unpaired) electrons. The Kier molecular flexibility index (Phi) is 3.65. The molecule has 0 N–H and O–H groups in total. The molecule has 2 aromatic heterocycles. The van der Waals surface area contributed by atoms with Crippen molar-refractivity contribution in [3.63, 3.8) is 0 Å². The maximum absolute atomic E-state index is 12.9. The summed E-state index contributed by atoms with van der Waals surface area (Å²) < 4.78 is 40.8. The lowest BCUT2D eigenvalue weighted by Crippen LogP contribution is -2.10. The number of aromatic nitrogens is 3. The Bertz CT molecular complexity index is 874. The predicted octanol–water partition coefficient (Wildman–Crippen LogP) is 5.14. The molecule has 0 fully saturated rings. The van der Waals surface area contributed by atoms with Crippen LogP contribution in [-0.4, -0.2) is 14.6 Å². The van der Waals surface area contributed by atoms with Crippen LogP contribution in [0.4, 0.5) is 13.2 Å². The molecule has 22 heavy (non-hydrogen) atoms. The van der Waals surface area contributed by atoms with Gasteiger partial charge in [0.05, 0.1) is 5.69 Å². The Labute approximate surface area is 136 Å². The Morgan fingerprint density at radius 3 is 2.59 bits per heavy atom. The third kappa shape index (κ3) is 2.59. The Hall–Kier alpha value is -1.60. The van der Waals surface area contributed by atoms with E-state index >= 15 is 0 Å². The molecule has 2 heterocycles. The fraction of sp³-hybridized carbons (Fsp3) is 0.143. The van der Waals surface area contributed by atoms with Gasteiger partial charge in [0.1, 0.15) is 10.8 Å². The number of rotatable bonds is 1. The molecule has 3 nitrogen and oxygen atoms in total. The number of fused-ring (bicyclic) bond motifs is 1. The highest BCUT2D eigenvalue weighted by Gasteiger charge is 2.34. The Morgan fingerprint density at radius 1 is 1.23 bits per heavy atom. The zero-order chi connectivity index (χ0) is 16.1. The summed E-state index contributed by atoms with van der Waals surface area (Å²) in [5.41, 5.74) is 0.822. The van der Waals surface area contributed by atoms with Crippen molar-refractivity contribution in [1.82, 2.24) is 14.6 Å². The maximum atomic E-state index is 12.9. The van der Waals surface area contributed by atoms with Crippen LogP contribution in [-0.2, 0) is 6.18 Å². The van der Waals surface area contributed by atoms with Gasteiger partial charge in [-0.25, -0.2) is 9.50 Å². The average molecular weight is 391 g/mol.